The zero-order valence-electron chi connectivity index (χ0n) is 24.3. The van der Waals surface area contributed by atoms with Gasteiger partial charge in [0.15, 0.2) is 11.5 Å². The van der Waals surface area contributed by atoms with E-state index in [2.05, 4.69) is 39.5 Å². The van der Waals surface area contributed by atoms with Crippen LogP contribution in [0, 0.1) is 11.3 Å². The number of rotatable bonds is 15. The second-order valence-electron chi connectivity index (χ2n) is 11.6. The summed E-state index contributed by atoms with van der Waals surface area (Å²) >= 11 is 0. The van der Waals surface area contributed by atoms with Gasteiger partial charge in [-0.2, -0.15) is 0 Å². The molecule has 3 rings (SSSR count). The van der Waals surface area contributed by atoms with Crippen molar-refractivity contribution in [2.45, 2.75) is 91.5 Å². The van der Waals surface area contributed by atoms with Crippen molar-refractivity contribution < 1.29 is 28.9 Å². The van der Waals surface area contributed by atoms with Crippen LogP contribution >= 0.6 is 0 Å². The summed E-state index contributed by atoms with van der Waals surface area (Å²) in [6.07, 6.45) is 6.75. The summed E-state index contributed by atoms with van der Waals surface area (Å²) in [5.74, 6) is -0.00940. The van der Waals surface area contributed by atoms with E-state index in [0.29, 0.717) is 30.2 Å². The molecule has 3 atom stereocenters. The predicted molar refractivity (Wildman–Crippen MR) is 148 cm³/mol. The van der Waals surface area contributed by atoms with Gasteiger partial charge < -0.3 is 24.2 Å². The summed E-state index contributed by atoms with van der Waals surface area (Å²) in [7, 11) is 1.58. The Bertz CT molecular complexity index is 941. The molecule has 0 radical (unpaired) electrons. The van der Waals surface area contributed by atoms with E-state index in [9.17, 15) is 14.7 Å². The topological polar surface area (TPSA) is 88.5 Å². The smallest absolute Gasteiger partial charge is 0.308 e. The molecular weight excluding hydrogens is 484 g/mol. The van der Waals surface area contributed by atoms with Gasteiger partial charge in [0.25, 0.3) is 0 Å². The molecule has 0 spiro atoms. The molecule has 0 aromatic heterocycles. The monoisotopic (exact) mass is 532 g/mol. The van der Waals surface area contributed by atoms with Crippen LogP contribution in [-0.2, 0) is 9.59 Å². The van der Waals surface area contributed by atoms with Crippen molar-refractivity contribution in [3.63, 3.8) is 0 Å². The van der Waals surface area contributed by atoms with E-state index in [0.717, 1.165) is 57.2 Å². The fourth-order valence-corrected chi connectivity index (χ4v) is 6.13. The van der Waals surface area contributed by atoms with Gasteiger partial charge in [-0.05, 0) is 48.8 Å². The van der Waals surface area contributed by atoms with Crippen LogP contribution in [0.2, 0.25) is 0 Å². The zero-order chi connectivity index (χ0) is 27.9. The number of likely N-dealkylation sites (tertiary alicyclic amines) is 1. The van der Waals surface area contributed by atoms with Gasteiger partial charge in [-0.15, -0.1) is 0 Å². The number of nitrogens with zero attached hydrogens (tertiary/aromatic N) is 2. The van der Waals surface area contributed by atoms with Crippen molar-refractivity contribution in [3.05, 3.63) is 17.7 Å². The number of carboxylic acid groups (broad SMARTS) is 1. The Kier molecular flexibility index (Phi) is 10.7. The lowest BCUT2D eigenvalue weighted by molar-refractivity contribution is -0.144. The molecule has 1 fully saturated rings. The van der Waals surface area contributed by atoms with Crippen molar-refractivity contribution in [2.24, 2.45) is 11.3 Å². The summed E-state index contributed by atoms with van der Waals surface area (Å²) in [5, 5.41) is 10.5. The van der Waals surface area contributed by atoms with Gasteiger partial charge in [-0.1, -0.05) is 53.9 Å². The maximum absolute atomic E-state index is 13.6. The van der Waals surface area contributed by atoms with E-state index in [-0.39, 0.29) is 36.6 Å². The SMILES string of the molecule is CCCCN(CCCC)C(=O)CN1C[C@H](c2cc(OC)c3c(c2)OCO3)[C@H](C(=O)O)[C@H]1CC(C)(C)CCC. The van der Waals surface area contributed by atoms with Crippen LogP contribution in [-0.4, -0.2) is 72.9 Å². The van der Waals surface area contributed by atoms with Gasteiger partial charge in [-0.25, -0.2) is 0 Å². The van der Waals surface area contributed by atoms with Gasteiger partial charge in [0, 0.05) is 31.6 Å². The van der Waals surface area contributed by atoms with Gasteiger partial charge in [-0.3, -0.25) is 14.5 Å². The Morgan fingerprint density at radius 1 is 1.11 bits per heavy atom. The van der Waals surface area contributed by atoms with Crippen LogP contribution in [0.15, 0.2) is 12.1 Å². The first-order valence-corrected chi connectivity index (χ1v) is 14.4. The Morgan fingerprint density at radius 3 is 2.37 bits per heavy atom. The highest BCUT2D eigenvalue weighted by Gasteiger charge is 2.49. The number of benzene rings is 1. The number of carbonyl (C=O) groups excluding carboxylic acids is 1. The number of amides is 1. The summed E-state index contributed by atoms with van der Waals surface area (Å²) in [6, 6.07) is 3.51. The molecule has 1 amide bonds. The number of ether oxygens (including phenoxy) is 3. The third kappa shape index (κ3) is 7.13. The van der Waals surface area contributed by atoms with E-state index >= 15 is 0 Å². The molecule has 0 unspecified atom stereocenters. The van der Waals surface area contributed by atoms with Gasteiger partial charge in [0.2, 0.25) is 18.4 Å². The number of unbranched alkanes of at least 4 members (excludes halogenated alkanes) is 2. The molecule has 2 aliphatic rings. The van der Waals surface area contributed by atoms with Crippen molar-refractivity contribution >= 4 is 11.9 Å². The van der Waals surface area contributed by atoms with Crippen LogP contribution < -0.4 is 14.2 Å². The first-order chi connectivity index (χ1) is 18.1. The minimum absolute atomic E-state index is 0.0417. The highest BCUT2D eigenvalue weighted by atomic mass is 16.7. The Balaban J connectivity index is 1.96. The average molecular weight is 533 g/mol. The Hall–Kier alpha value is -2.48. The third-order valence-corrected chi connectivity index (χ3v) is 8.08. The largest absolute Gasteiger partial charge is 0.493 e. The minimum Gasteiger partial charge on any atom is -0.493 e. The lowest BCUT2D eigenvalue weighted by atomic mass is 9.76. The fraction of sp³-hybridized carbons (Fsp3) is 0.733. The second kappa shape index (κ2) is 13.5. The van der Waals surface area contributed by atoms with Gasteiger partial charge in [0.1, 0.15) is 0 Å². The molecule has 1 aromatic carbocycles. The molecule has 0 aliphatic carbocycles. The van der Waals surface area contributed by atoms with E-state index in [1.165, 1.54) is 0 Å². The number of aliphatic carboxylic acids is 1. The summed E-state index contributed by atoms with van der Waals surface area (Å²) in [6.45, 7) is 13.2. The van der Waals surface area contributed by atoms with Crippen LogP contribution in [0.1, 0.15) is 91.0 Å². The molecule has 1 aromatic rings. The van der Waals surface area contributed by atoms with E-state index in [4.69, 9.17) is 14.2 Å². The van der Waals surface area contributed by atoms with E-state index < -0.39 is 11.9 Å². The van der Waals surface area contributed by atoms with Crippen molar-refractivity contribution in [1.82, 2.24) is 9.80 Å². The highest BCUT2D eigenvalue weighted by molar-refractivity contribution is 5.79. The number of methoxy groups -OCH3 is 1. The quantitative estimate of drug-likeness (QED) is 0.317. The maximum Gasteiger partial charge on any atom is 0.308 e. The minimum atomic E-state index is -0.826. The average Bonchev–Trinajstić information content (AvgIpc) is 3.48. The van der Waals surface area contributed by atoms with Crippen LogP contribution in [0.5, 0.6) is 17.2 Å². The number of carboxylic acids is 1. The normalized spacial score (nSPS) is 21.1. The molecule has 8 nitrogen and oxygen atoms in total. The lowest BCUT2D eigenvalue weighted by Gasteiger charge is -2.35. The molecule has 1 N–H and O–H groups in total. The van der Waals surface area contributed by atoms with Crippen LogP contribution in [0.4, 0.5) is 0 Å². The molecule has 38 heavy (non-hydrogen) atoms. The Morgan fingerprint density at radius 2 is 1.79 bits per heavy atom. The molecule has 2 heterocycles. The lowest BCUT2D eigenvalue weighted by Crippen LogP contribution is -2.46. The summed E-state index contributed by atoms with van der Waals surface area (Å²) < 4.78 is 16.8. The van der Waals surface area contributed by atoms with Crippen LogP contribution in [0.3, 0.4) is 0 Å². The maximum atomic E-state index is 13.6. The van der Waals surface area contributed by atoms with E-state index in [1.54, 1.807) is 7.11 Å². The van der Waals surface area contributed by atoms with Crippen LogP contribution in [0.25, 0.3) is 0 Å². The molecule has 214 valence electrons. The number of fused-ring (bicyclic) bond motifs is 1. The third-order valence-electron chi connectivity index (χ3n) is 8.08. The molecule has 8 heteroatoms. The van der Waals surface area contributed by atoms with Crippen molar-refractivity contribution in [1.29, 1.82) is 0 Å². The number of hydrogen-bond acceptors (Lipinski definition) is 6. The summed E-state index contributed by atoms with van der Waals surface area (Å²) in [5.41, 5.74) is 0.806. The Labute approximate surface area is 228 Å². The highest BCUT2D eigenvalue weighted by Crippen LogP contribution is 2.48. The molecule has 0 saturated carbocycles. The fourth-order valence-electron chi connectivity index (χ4n) is 6.13. The van der Waals surface area contributed by atoms with Gasteiger partial charge in [0.05, 0.1) is 19.6 Å². The first kappa shape index (κ1) is 30.1. The molecule has 2 aliphatic heterocycles. The van der Waals surface area contributed by atoms with Gasteiger partial charge >= 0.3 is 5.97 Å². The van der Waals surface area contributed by atoms with E-state index in [1.807, 2.05) is 17.0 Å². The molecule has 0 bridgehead atoms. The first-order valence-electron chi connectivity index (χ1n) is 14.4. The predicted octanol–water partition coefficient (Wildman–Crippen LogP) is 5.54. The second-order valence-corrected chi connectivity index (χ2v) is 11.6. The molecular formula is C30H48N2O6. The van der Waals surface area contributed by atoms with Crippen molar-refractivity contribution in [3.8, 4) is 17.2 Å². The standard InChI is InChI=1S/C30H48N2O6/c1-7-10-13-31(14-11-8-2)26(33)19-32-18-22(21-15-24(36-6)28-25(16-21)37-20-38-28)27(29(34)35)23(32)17-30(4,5)12-9-3/h15-16,22-23,27H,7-14,17-20H2,1-6H3,(H,34,35)/t22-,23-,27+/m1/s1. The summed E-state index contributed by atoms with van der Waals surface area (Å²) in [4.78, 5) is 30.6. The number of hydrogen-bond donors (Lipinski definition) is 1. The zero-order valence-corrected chi connectivity index (χ0v) is 24.3. The number of carbonyl (C=O) groups is 2. The molecule has 1 saturated heterocycles. The van der Waals surface area contributed by atoms with Crippen molar-refractivity contribution in [2.75, 3.05) is 40.1 Å².